The number of benzene rings is 4. The average Bonchev–Trinajstić information content (AvgIpc) is 3.49. The Balaban J connectivity index is 0.000000387. The molecule has 3 atom stereocenters. The van der Waals surface area contributed by atoms with Crippen LogP contribution in [-0.4, -0.2) is 52.7 Å². The topological polar surface area (TPSA) is 149 Å². The molecule has 3 unspecified atom stereocenters. The first kappa shape index (κ1) is 48.5. The fourth-order valence-electron chi connectivity index (χ4n) is 6.24. The molecule has 0 bridgehead atoms. The molecule has 2 heterocycles. The molecule has 0 amide bonds. The third-order valence-electron chi connectivity index (χ3n) is 9.44. The minimum absolute atomic E-state index is 0. The molecular weight excluding hydrogens is 807 g/mol. The van der Waals surface area contributed by atoms with Crippen LogP contribution in [0.2, 0.25) is 10.0 Å². The molecule has 4 aromatic carbocycles. The van der Waals surface area contributed by atoms with E-state index in [1.54, 1.807) is 77.9 Å². The van der Waals surface area contributed by atoms with Crippen LogP contribution in [0.3, 0.4) is 0 Å². The quantitative estimate of drug-likeness (QED) is 0.147. The first-order valence-electron chi connectivity index (χ1n) is 17.7. The second-order valence-electron chi connectivity index (χ2n) is 15.0. The molecule has 4 aromatic rings. The summed E-state index contributed by atoms with van der Waals surface area (Å²) in [6.45, 7) is 9.99. The minimum Gasteiger partial charge on any atom is -1.00 e. The van der Waals surface area contributed by atoms with Crippen LogP contribution in [0.4, 0.5) is 8.78 Å². The average molecular weight is 851 g/mol. The number of carbonyl (C=O) groups excluding carboxylic acids is 1. The van der Waals surface area contributed by atoms with Gasteiger partial charge >= 0.3 is 41.5 Å². The van der Waals surface area contributed by atoms with E-state index in [9.17, 15) is 28.3 Å². The van der Waals surface area contributed by atoms with Gasteiger partial charge in [-0.2, -0.15) is 0 Å². The van der Waals surface area contributed by atoms with Crippen LogP contribution < -0.4 is 48.5 Å². The zero-order chi connectivity index (χ0) is 41.3. The molecule has 3 N–H and O–H groups in total. The number of carboxylic acids is 2. The molecule has 0 saturated carbocycles. The summed E-state index contributed by atoms with van der Waals surface area (Å²) in [4.78, 5) is 34.3. The van der Waals surface area contributed by atoms with Crippen LogP contribution in [-0.2, 0) is 35.6 Å². The van der Waals surface area contributed by atoms with Crippen LogP contribution in [0.1, 0.15) is 87.2 Å². The number of carbonyl (C=O) groups is 3. The molecule has 0 aromatic heterocycles. The Morgan fingerprint density at radius 3 is 1.67 bits per heavy atom. The summed E-state index contributed by atoms with van der Waals surface area (Å²) >= 11 is 12.3. The number of Topliss-reactive ketones (excluding diaryl/α,β-unsaturated/α-hetero) is 1. The van der Waals surface area contributed by atoms with Crippen molar-refractivity contribution in [1.29, 1.82) is 0 Å². The van der Waals surface area contributed by atoms with Crippen molar-refractivity contribution in [2.24, 2.45) is 11.8 Å². The molecule has 3 radical (unpaired) electrons. The third kappa shape index (κ3) is 11.2. The fraction of sp³-hybridized carbons (Fsp3) is 0.357. The maximum Gasteiger partial charge on any atom is 1.00 e. The first-order chi connectivity index (χ1) is 26.2. The number of rotatable bonds is 12. The number of ether oxygens (including phenoxy) is 4. The number of halogens is 4. The van der Waals surface area contributed by atoms with Gasteiger partial charge in [0.2, 0.25) is 5.78 Å². The number of carboxylic acid groups (broad SMARTS) is 2. The second-order valence-corrected chi connectivity index (χ2v) is 15.8. The maximum absolute atomic E-state index is 14.4. The van der Waals surface area contributed by atoms with Gasteiger partial charge in [-0.3, -0.25) is 14.4 Å². The Labute approximate surface area is 371 Å². The number of hydrogen-bond acceptors (Lipinski definition) is 8. The Kier molecular flexibility index (Phi) is 16.3. The van der Waals surface area contributed by atoms with Crippen molar-refractivity contribution < 1.29 is 88.4 Å². The Morgan fingerprint density at radius 1 is 0.776 bits per heavy atom. The van der Waals surface area contributed by atoms with Gasteiger partial charge in [-0.25, -0.2) is 8.78 Å². The molecule has 2 aliphatic heterocycles. The Morgan fingerprint density at radius 2 is 1.22 bits per heavy atom. The normalized spacial score (nSPS) is 16.4. The zero-order valence-corrected chi connectivity index (χ0v) is 36.6. The largest absolute Gasteiger partial charge is 1.00 e. The van der Waals surface area contributed by atoms with Gasteiger partial charge < -0.3 is 35.7 Å². The van der Waals surface area contributed by atoms with E-state index in [-0.39, 0.29) is 82.7 Å². The van der Waals surface area contributed by atoms with Crippen LogP contribution in [0, 0.1) is 23.5 Å². The molecule has 2 aliphatic rings. The van der Waals surface area contributed by atoms with E-state index in [4.69, 9.17) is 52.4 Å². The van der Waals surface area contributed by atoms with Crippen molar-refractivity contribution in [2.75, 3.05) is 0 Å². The second kappa shape index (κ2) is 19.5. The van der Waals surface area contributed by atoms with Crippen molar-refractivity contribution in [3.05, 3.63) is 116 Å². The molecule has 6 rings (SSSR count). The molecule has 10 nitrogen and oxygen atoms in total. The monoisotopic (exact) mass is 849 g/mol. The molecule has 16 heteroatoms. The van der Waals surface area contributed by atoms with Crippen molar-refractivity contribution in [3.63, 3.8) is 0 Å². The van der Waals surface area contributed by atoms with Gasteiger partial charge in [0.1, 0.15) is 36.4 Å². The number of aliphatic carboxylic acids is 2. The van der Waals surface area contributed by atoms with Crippen molar-refractivity contribution in [1.82, 2.24) is 0 Å². The van der Waals surface area contributed by atoms with Gasteiger partial charge in [-0.05, 0) is 100 Å². The van der Waals surface area contributed by atoms with Gasteiger partial charge in [0.25, 0.3) is 0 Å². The van der Waals surface area contributed by atoms with E-state index in [1.165, 1.54) is 24.3 Å². The molecular formula is C42H43BCl2F2NaO10. The summed E-state index contributed by atoms with van der Waals surface area (Å²) < 4.78 is 51.5. The number of aliphatic hydroxyl groups excluding tert-OH is 1. The van der Waals surface area contributed by atoms with E-state index in [1.807, 2.05) is 0 Å². The minimum atomic E-state index is -0.991. The van der Waals surface area contributed by atoms with Crippen LogP contribution in [0.25, 0.3) is 0 Å². The number of ketones is 1. The third-order valence-corrected chi connectivity index (χ3v) is 9.88. The summed E-state index contributed by atoms with van der Waals surface area (Å²) in [5.74, 6) is -3.47. The van der Waals surface area contributed by atoms with E-state index in [2.05, 4.69) is 0 Å². The van der Waals surface area contributed by atoms with Gasteiger partial charge in [0, 0.05) is 35.1 Å². The molecule has 58 heavy (non-hydrogen) atoms. The van der Waals surface area contributed by atoms with Gasteiger partial charge in [-0.15, -0.1) is 0 Å². The standard InChI is InChI=1S/C21H22ClFO5.C21H20ClFO5.B.Na.H/c2*1-11(20(25)26)6-12-4-5-17(16(23)7-12)27-10-13-8-14(22)9-15-18(13)28-21(2,3)19(15)24;;;/h4-5,7-9,11,19,24H,6,10H2,1-3H3,(H,25,26);4-5,7-9,11H,6,10H2,1-3H3,(H,25,26);;;/q;;;+1;-1. The zero-order valence-electron chi connectivity index (χ0n) is 34.1. The van der Waals surface area contributed by atoms with Crippen LogP contribution in [0.5, 0.6) is 23.0 Å². The SMILES string of the molecule is CC(Cc1ccc(OCc2cc(Cl)cc3c2OC(C)(C)C3=O)c(F)c1)C(=O)O.CC(Cc1ccc(OCc2cc(Cl)cc3c2OC(C)(C)C3O)c(F)c1)C(=O)O.[B].[H-].[Na+]. The van der Waals surface area contributed by atoms with E-state index < -0.39 is 52.7 Å². The van der Waals surface area contributed by atoms with Crippen molar-refractivity contribution in [3.8, 4) is 23.0 Å². The molecule has 303 valence electrons. The Hall–Kier alpha value is -3.85. The van der Waals surface area contributed by atoms with Crippen molar-refractivity contribution >= 4 is 49.3 Å². The molecule has 0 aliphatic carbocycles. The van der Waals surface area contributed by atoms with Gasteiger partial charge in [0.05, 0.1) is 17.4 Å². The predicted octanol–water partition coefficient (Wildman–Crippen LogP) is 5.94. The summed E-state index contributed by atoms with van der Waals surface area (Å²) in [5, 5.41) is 29.1. The van der Waals surface area contributed by atoms with Gasteiger partial charge in [0.15, 0.2) is 28.7 Å². The summed E-state index contributed by atoms with van der Waals surface area (Å²) in [6, 6.07) is 15.2. The molecule has 0 spiro atoms. The summed E-state index contributed by atoms with van der Waals surface area (Å²) in [5.41, 5.74) is 1.48. The van der Waals surface area contributed by atoms with Gasteiger partial charge in [-0.1, -0.05) is 49.2 Å². The fourth-order valence-corrected chi connectivity index (χ4v) is 6.73. The number of aliphatic hydroxyl groups is 1. The van der Waals surface area contributed by atoms with Crippen LogP contribution in [0.15, 0.2) is 60.7 Å². The number of hydrogen-bond donors (Lipinski definition) is 3. The van der Waals surface area contributed by atoms with Crippen molar-refractivity contribution in [2.45, 2.75) is 84.9 Å². The van der Waals surface area contributed by atoms with Crippen LogP contribution >= 0.6 is 23.2 Å². The summed E-state index contributed by atoms with van der Waals surface area (Å²) in [6.07, 6.45) is -0.374. The Bertz CT molecular complexity index is 2190. The van der Waals surface area contributed by atoms with E-state index >= 15 is 0 Å². The maximum atomic E-state index is 14.4. The summed E-state index contributed by atoms with van der Waals surface area (Å²) in [7, 11) is 0. The van der Waals surface area contributed by atoms with E-state index in [0.29, 0.717) is 54.9 Å². The smallest absolute Gasteiger partial charge is 1.00 e. The predicted molar refractivity (Wildman–Crippen MR) is 211 cm³/mol. The first-order valence-corrected chi connectivity index (χ1v) is 18.5. The number of fused-ring (bicyclic) bond motifs is 2. The molecule has 0 saturated heterocycles. The van der Waals surface area contributed by atoms with E-state index in [0.717, 1.165) is 0 Å². The molecule has 0 fully saturated rings.